The van der Waals surface area contributed by atoms with Gasteiger partial charge >= 0.3 is 5.89 Å². The zero-order chi connectivity index (χ0) is 12.6. The lowest BCUT2D eigenvalue weighted by Gasteiger charge is -1.96. The first-order valence-corrected chi connectivity index (χ1v) is 4.92. The standard InChI is InChI=1S/C11H10N2O4/c1-7-10(14)12(2)11(17-7)8-3-5-9(6-4-8)13(15)16/h3-6H,1-2H3. The fraction of sp³-hybridized carbons (Fsp3) is 0.182. The molecule has 0 unspecified atom stereocenters. The van der Waals surface area contributed by atoms with E-state index < -0.39 is 4.92 Å². The molecule has 6 nitrogen and oxygen atoms in total. The number of nitrogens with zero attached hydrogens (tertiary/aromatic N) is 2. The average molecular weight is 234 g/mol. The van der Waals surface area contributed by atoms with Gasteiger partial charge in [0.15, 0.2) is 11.6 Å². The van der Waals surface area contributed by atoms with Crippen molar-refractivity contribution in [2.24, 2.45) is 7.05 Å². The zero-order valence-corrected chi connectivity index (χ0v) is 9.34. The summed E-state index contributed by atoms with van der Waals surface area (Å²) >= 11 is 0. The number of nitro groups is 1. The van der Waals surface area contributed by atoms with E-state index in [0.717, 1.165) is 0 Å². The molecule has 0 radical (unpaired) electrons. The maximum Gasteiger partial charge on any atom is 0.380 e. The molecule has 0 bridgehead atoms. The van der Waals surface area contributed by atoms with Crippen molar-refractivity contribution in [1.82, 2.24) is 0 Å². The van der Waals surface area contributed by atoms with Crippen molar-refractivity contribution >= 4 is 5.69 Å². The number of non-ortho nitro benzene ring substituents is 1. The summed E-state index contributed by atoms with van der Waals surface area (Å²) in [5.41, 5.74) is 0.630. The third-order valence-corrected chi connectivity index (χ3v) is 2.49. The molecular formula is C11H10N2O4. The van der Waals surface area contributed by atoms with E-state index in [2.05, 4.69) is 0 Å². The summed E-state index contributed by atoms with van der Waals surface area (Å²) in [6.45, 7) is 1.58. The minimum Gasteiger partial charge on any atom is -0.821 e. The summed E-state index contributed by atoms with van der Waals surface area (Å²) in [5.74, 6) is 0.474. The van der Waals surface area contributed by atoms with E-state index >= 15 is 0 Å². The van der Waals surface area contributed by atoms with Crippen molar-refractivity contribution in [1.29, 1.82) is 0 Å². The van der Waals surface area contributed by atoms with Crippen LogP contribution in [0.5, 0.6) is 5.88 Å². The smallest absolute Gasteiger partial charge is 0.380 e. The highest BCUT2D eigenvalue weighted by atomic mass is 16.6. The lowest BCUT2D eigenvalue weighted by Crippen LogP contribution is -2.32. The van der Waals surface area contributed by atoms with Crippen LogP contribution in [0.4, 0.5) is 5.69 Å². The third-order valence-electron chi connectivity index (χ3n) is 2.49. The quantitative estimate of drug-likeness (QED) is 0.442. The second-order valence-corrected chi connectivity index (χ2v) is 3.63. The Hall–Kier alpha value is -2.37. The molecule has 0 aliphatic carbocycles. The van der Waals surface area contributed by atoms with Crippen molar-refractivity contribution in [3.05, 3.63) is 40.1 Å². The van der Waals surface area contributed by atoms with E-state index in [1.807, 2.05) is 0 Å². The Balaban J connectivity index is 2.47. The fourth-order valence-electron chi connectivity index (χ4n) is 1.56. The van der Waals surface area contributed by atoms with E-state index in [-0.39, 0.29) is 11.6 Å². The van der Waals surface area contributed by atoms with Crippen molar-refractivity contribution in [2.75, 3.05) is 0 Å². The number of nitro benzene ring substituents is 1. The van der Waals surface area contributed by atoms with Crippen LogP contribution in [-0.4, -0.2) is 4.92 Å². The van der Waals surface area contributed by atoms with Gasteiger partial charge in [-0.1, -0.05) is 0 Å². The Morgan fingerprint density at radius 3 is 2.29 bits per heavy atom. The molecule has 0 spiro atoms. The molecule has 0 amide bonds. The predicted octanol–water partition coefficient (Wildman–Crippen LogP) is 1.06. The molecule has 2 aromatic rings. The van der Waals surface area contributed by atoms with E-state index in [1.165, 1.54) is 16.7 Å². The van der Waals surface area contributed by atoms with Gasteiger partial charge in [-0.2, -0.15) is 4.57 Å². The summed E-state index contributed by atoms with van der Waals surface area (Å²) in [5, 5.41) is 22.0. The highest BCUT2D eigenvalue weighted by Crippen LogP contribution is 2.23. The first kappa shape index (κ1) is 11.1. The van der Waals surface area contributed by atoms with Gasteiger partial charge in [-0.25, -0.2) is 0 Å². The summed E-state index contributed by atoms with van der Waals surface area (Å²) < 4.78 is 6.68. The highest BCUT2D eigenvalue weighted by molar-refractivity contribution is 5.53. The van der Waals surface area contributed by atoms with Gasteiger partial charge in [0.1, 0.15) is 7.05 Å². The monoisotopic (exact) mass is 234 g/mol. The number of benzene rings is 1. The van der Waals surface area contributed by atoms with Gasteiger partial charge in [0.25, 0.3) is 5.69 Å². The normalized spacial score (nSPS) is 10.5. The van der Waals surface area contributed by atoms with Crippen LogP contribution >= 0.6 is 0 Å². The van der Waals surface area contributed by atoms with Gasteiger partial charge in [0.05, 0.1) is 10.5 Å². The molecule has 2 rings (SSSR count). The van der Waals surface area contributed by atoms with Crippen molar-refractivity contribution in [3.8, 4) is 17.3 Å². The molecule has 1 aromatic carbocycles. The second kappa shape index (κ2) is 3.89. The van der Waals surface area contributed by atoms with Crippen molar-refractivity contribution in [3.63, 3.8) is 0 Å². The van der Waals surface area contributed by atoms with E-state index in [1.54, 1.807) is 26.1 Å². The van der Waals surface area contributed by atoms with Gasteiger partial charge in [-0.05, 0) is 19.1 Å². The Bertz CT molecular complexity index is 572. The van der Waals surface area contributed by atoms with E-state index in [9.17, 15) is 15.2 Å². The first-order chi connectivity index (χ1) is 8.00. The molecule has 0 saturated carbocycles. The summed E-state index contributed by atoms with van der Waals surface area (Å²) in [6, 6.07) is 5.85. The molecule has 0 aliphatic rings. The van der Waals surface area contributed by atoms with Gasteiger partial charge < -0.3 is 9.52 Å². The Labute approximate surface area is 96.9 Å². The molecule has 0 N–H and O–H groups in total. The lowest BCUT2D eigenvalue weighted by atomic mass is 10.2. The highest BCUT2D eigenvalue weighted by Gasteiger charge is 2.19. The van der Waals surface area contributed by atoms with Gasteiger partial charge in [0, 0.05) is 12.1 Å². The minimum atomic E-state index is -0.476. The molecule has 0 fully saturated rings. The molecule has 88 valence electrons. The number of oxazole rings is 1. The van der Waals surface area contributed by atoms with Crippen molar-refractivity contribution < 1.29 is 19.0 Å². The Morgan fingerprint density at radius 2 is 1.88 bits per heavy atom. The topological polar surface area (TPSA) is 83.2 Å². The van der Waals surface area contributed by atoms with Crippen LogP contribution in [-0.2, 0) is 7.05 Å². The third kappa shape index (κ3) is 1.84. The largest absolute Gasteiger partial charge is 0.821 e. The molecule has 0 saturated heterocycles. The van der Waals surface area contributed by atoms with Crippen molar-refractivity contribution in [2.45, 2.75) is 6.92 Å². The van der Waals surface area contributed by atoms with Gasteiger partial charge in [-0.3, -0.25) is 10.1 Å². The maximum atomic E-state index is 11.5. The molecule has 1 heterocycles. The molecule has 17 heavy (non-hydrogen) atoms. The second-order valence-electron chi connectivity index (χ2n) is 3.63. The average Bonchev–Trinajstić information content (AvgIpc) is 2.57. The van der Waals surface area contributed by atoms with Crippen LogP contribution in [0.1, 0.15) is 5.76 Å². The summed E-state index contributed by atoms with van der Waals surface area (Å²) in [7, 11) is 1.59. The van der Waals surface area contributed by atoms with Crippen LogP contribution in [0, 0.1) is 17.0 Å². The number of aryl methyl sites for hydroxylation is 1. The van der Waals surface area contributed by atoms with E-state index in [4.69, 9.17) is 4.42 Å². The number of aromatic nitrogens is 1. The maximum absolute atomic E-state index is 11.5. The van der Waals surface area contributed by atoms with Crippen LogP contribution in [0.3, 0.4) is 0 Å². The Morgan fingerprint density at radius 1 is 1.29 bits per heavy atom. The fourth-order valence-corrected chi connectivity index (χ4v) is 1.56. The number of hydrogen-bond donors (Lipinski definition) is 0. The van der Waals surface area contributed by atoms with Gasteiger partial charge in [-0.15, -0.1) is 0 Å². The Kier molecular flexibility index (Phi) is 2.55. The SMILES string of the molecule is Cc1oc(-c2ccc([N+](=O)[O-])cc2)[n+](C)c1[O-]. The molecule has 0 aliphatic heterocycles. The molecular weight excluding hydrogens is 224 g/mol. The summed E-state index contributed by atoms with van der Waals surface area (Å²) in [6.07, 6.45) is 0. The van der Waals surface area contributed by atoms with Crippen LogP contribution in [0.2, 0.25) is 0 Å². The number of rotatable bonds is 2. The lowest BCUT2D eigenvalue weighted by molar-refractivity contribution is -0.705. The van der Waals surface area contributed by atoms with Crippen LogP contribution in [0.25, 0.3) is 11.5 Å². The molecule has 0 atom stereocenters. The van der Waals surface area contributed by atoms with Crippen LogP contribution in [0.15, 0.2) is 28.7 Å². The molecule has 1 aromatic heterocycles. The first-order valence-electron chi connectivity index (χ1n) is 4.92. The predicted molar refractivity (Wildman–Crippen MR) is 56.2 cm³/mol. The van der Waals surface area contributed by atoms with Crippen LogP contribution < -0.4 is 9.67 Å². The van der Waals surface area contributed by atoms with Gasteiger partial charge in [0.2, 0.25) is 0 Å². The van der Waals surface area contributed by atoms with E-state index in [0.29, 0.717) is 17.2 Å². The minimum absolute atomic E-state index is 0.00188. The number of hydrogen-bond acceptors (Lipinski definition) is 4. The zero-order valence-electron chi connectivity index (χ0n) is 9.34. The summed E-state index contributed by atoms with van der Waals surface area (Å²) in [4.78, 5) is 10.0. The molecule has 6 heteroatoms.